The van der Waals surface area contributed by atoms with Crippen LogP contribution in [0.5, 0.6) is 5.75 Å². The average Bonchev–Trinajstić information content (AvgIpc) is 3.87. The van der Waals surface area contributed by atoms with Gasteiger partial charge in [-0.05, 0) is 97.5 Å². The fourth-order valence-electron chi connectivity index (χ4n) is 6.89. The number of nitrogens with one attached hydrogen (secondary N) is 2. The van der Waals surface area contributed by atoms with Crippen molar-refractivity contribution >= 4 is 28.8 Å². The number of rotatable bonds is 11. The molecule has 44 heavy (non-hydrogen) atoms. The highest BCUT2D eigenvalue weighted by Crippen LogP contribution is 2.37. The third-order valence-electron chi connectivity index (χ3n) is 9.58. The zero-order chi connectivity index (χ0) is 30.8. The number of benzene rings is 3. The summed E-state index contributed by atoms with van der Waals surface area (Å²) in [6.07, 6.45) is 5.04. The highest BCUT2D eigenvalue weighted by atomic mass is 35.5. The largest absolute Gasteiger partial charge is 0.496 e. The fraction of sp³-hybridized carbons (Fsp3) is 0.432. The Labute approximate surface area is 267 Å². The van der Waals surface area contributed by atoms with Gasteiger partial charge in [0.2, 0.25) is 0 Å². The Balaban J connectivity index is 1.21. The topological polar surface area (TPSA) is 56.8 Å². The first-order valence-electron chi connectivity index (χ1n) is 16.0. The summed E-state index contributed by atoms with van der Waals surface area (Å²) in [6, 6.07) is 21.8. The lowest BCUT2D eigenvalue weighted by atomic mass is 9.83. The number of fused-ring (bicyclic) bond motifs is 2. The van der Waals surface area contributed by atoms with Crippen LogP contribution in [0.1, 0.15) is 53.5 Å². The number of halogens is 1. The van der Waals surface area contributed by atoms with Crippen LogP contribution in [-0.4, -0.2) is 62.7 Å². The van der Waals surface area contributed by atoms with Crippen LogP contribution < -0.4 is 20.3 Å². The van der Waals surface area contributed by atoms with E-state index in [-0.39, 0.29) is 11.9 Å². The number of amides is 1. The maximum absolute atomic E-state index is 14.5. The first kappa shape index (κ1) is 30.7. The number of carbonyl (C=O) groups is 1. The second-order valence-electron chi connectivity index (χ2n) is 12.7. The SMILES string of the molecule is COc1cccc(CN(C(=O)C2=C(c3ccc(CCCN(C)c4cc(Cl)ccc4C)cc3)C[C@H]3CNC[C@H]2N3)C2CC2)c1C. The van der Waals surface area contributed by atoms with Gasteiger partial charge >= 0.3 is 0 Å². The lowest BCUT2D eigenvalue weighted by Gasteiger charge is -2.41. The van der Waals surface area contributed by atoms with Crippen LogP contribution in [0, 0.1) is 13.8 Å². The number of piperazine rings is 1. The highest BCUT2D eigenvalue weighted by molar-refractivity contribution is 6.30. The molecule has 3 aromatic carbocycles. The average molecular weight is 613 g/mol. The van der Waals surface area contributed by atoms with Gasteiger partial charge in [0.05, 0.1) is 13.2 Å². The Bertz CT molecular complexity index is 1530. The number of carbonyl (C=O) groups excluding carboxylic acids is 1. The van der Waals surface area contributed by atoms with Crippen LogP contribution in [-0.2, 0) is 17.8 Å². The van der Waals surface area contributed by atoms with E-state index >= 15 is 0 Å². The molecule has 6 nitrogen and oxygen atoms in total. The number of anilines is 1. The molecular formula is C37H45ClN4O2. The molecule has 0 spiro atoms. The van der Waals surface area contributed by atoms with Crippen LogP contribution in [0.4, 0.5) is 5.69 Å². The van der Waals surface area contributed by atoms with Crippen LogP contribution in [0.15, 0.2) is 66.2 Å². The van der Waals surface area contributed by atoms with Crippen molar-refractivity contribution in [1.82, 2.24) is 15.5 Å². The summed E-state index contributed by atoms with van der Waals surface area (Å²) >= 11 is 6.25. The van der Waals surface area contributed by atoms with Crippen LogP contribution in [0.2, 0.25) is 5.02 Å². The molecule has 7 heteroatoms. The molecule has 3 aliphatic rings. The lowest BCUT2D eigenvalue weighted by molar-refractivity contribution is -0.128. The van der Waals surface area contributed by atoms with Crippen LogP contribution in [0.3, 0.4) is 0 Å². The first-order valence-corrected chi connectivity index (χ1v) is 16.4. The molecule has 232 valence electrons. The van der Waals surface area contributed by atoms with Crippen molar-refractivity contribution in [3.63, 3.8) is 0 Å². The molecule has 2 bridgehead atoms. The Hall–Kier alpha value is -3.32. The zero-order valence-corrected chi connectivity index (χ0v) is 27.2. The van der Waals surface area contributed by atoms with Crippen LogP contribution >= 0.6 is 11.6 Å². The molecule has 0 radical (unpaired) electrons. The number of hydrogen-bond acceptors (Lipinski definition) is 5. The number of hydrogen-bond donors (Lipinski definition) is 2. The predicted octanol–water partition coefficient (Wildman–Crippen LogP) is 6.31. The summed E-state index contributed by atoms with van der Waals surface area (Å²) in [5, 5.41) is 8.10. The highest BCUT2D eigenvalue weighted by Gasteiger charge is 2.41. The summed E-state index contributed by atoms with van der Waals surface area (Å²) in [7, 11) is 3.84. The zero-order valence-electron chi connectivity index (χ0n) is 26.5. The molecule has 2 N–H and O–H groups in total. The van der Waals surface area contributed by atoms with Crippen molar-refractivity contribution in [3.8, 4) is 5.75 Å². The summed E-state index contributed by atoms with van der Waals surface area (Å²) in [6.45, 7) is 7.48. The number of aryl methyl sites for hydroxylation is 2. The van der Waals surface area contributed by atoms with Crippen molar-refractivity contribution in [2.75, 3.05) is 38.7 Å². The van der Waals surface area contributed by atoms with E-state index in [9.17, 15) is 4.79 Å². The third-order valence-corrected chi connectivity index (χ3v) is 9.81. The van der Waals surface area contributed by atoms with Crippen molar-refractivity contribution in [2.45, 2.75) is 70.6 Å². The quantitative estimate of drug-likeness (QED) is 0.266. The second-order valence-corrected chi connectivity index (χ2v) is 13.2. The minimum atomic E-state index is 0.0165. The maximum Gasteiger partial charge on any atom is 0.252 e. The molecule has 2 atom stereocenters. The van der Waals surface area contributed by atoms with Gasteiger partial charge in [0.1, 0.15) is 5.75 Å². The van der Waals surface area contributed by atoms with Crippen molar-refractivity contribution in [3.05, 3.63) is 99.1 Å². The molecule has 1 aliphatic carbocycles. The van der Waals surface area contributed by atoms with Crippen molar-refractivity contribution < 1.29 is 9.53 Å². The van der Waals surface area contributed by atoms with Crippen molar-refractivity contribution in [2.24, 2.45) is 0 Å². The van der Waals surface area contributed by atoms with E-state index in [1.807, 2.05) is 24.3 Å². The minimum absolute atomic E-state index is 0.0165. The van der Waals surface area contributed by atoms with Crippen molar-refractivity contribution in [1.29, 1.82) is 0 Å². The summed E-state index contributed by atoms with van der Waals surface area (Å²) in [5.74, 6) is 1.04. The second kappa shape index (κ2) is 13.4. The fourth-order valence-corrected chi connectivity index (χ4v) is 7.06. The first-order chi connectivity index (χ1) is 21.3. The molecule has 3 aromatic rings. The van der Waals surface area contributed by atoms with Crippen LogP contribution in [0.25, 0.3) is 5.57 Å². The van der Waals surface area contributed by atoms with Gasteiger partial charge in [-0.2, -0.15) is 0 Å². The lowest BCUT2D eigenvalue weighted by Crippen LogP contribution is -2.60. The Kier molecular flexibility index (Phi) is 9.31. The van der Waals surface area contributed by atoms with E-state index in [1.165, 1.54) is 28.0 Å². The van der Waals surface area contributed by atoms with Gasteiger partial charge in [0.15, 0.2) is 0 Å². The van der Waals surface area contributed by atoms with Gasteiger partial charge in [0, 0.05) is 61.6 Å². The number of ether oxygens (including phenoxy) is 1. The third kappa shape index (κ3) is 6.68. The minimum Gasteiger partial charge on any atom is -0.496 e. The predicted molar refractivity (Wildman–Crippen MR) is 181 cm³/mol. The molecule has 2 heterocycles. The molecule has 6 rings (SSSR count). The van der Waals surface area contributed by atoms with E-state index in [0.717, 1.165) is 79.2 Å². The number of nitrogens with zero attached hydrogens (tertiary/aromatic N) is 2. The Morgan fingerprint density at radius 2 is 1.84 bits per heavy atom. The Morgan fingerprint density at radius 1 is 1.05 bits per heavy atom. The van der Waals surface area contributed by atoms with Gasteiger partial charge in [-0.15, -0.1) is 0 Å². The summed E-state index contributed by atoms with van der Waals surface area (Å²) in [5.41, 5.74) is 9.32. The van der Waals surface area contributed by atoms with Gasteiger partial charge in [0.25, 0.3) is 5.91 Å². The molecule has 2 fully saturated rings. The summed E-state index contributed by atoms with van der Waals surface area (Å²) < 4.78 is 5.59. The molecule has 1 saturated heterocycles. The van der Waals surface area contributed by atoms with E-state index in [4.69, 9.17) is 16.3 Å². The smallest absolute Gasteiger partial charge is 0.252 e. The molecule has 1 saturated carbocycles. The van der Waals surface area contributed by atoms with Gasteiger partial charge in [-0.1, -0.05) is 54.1 Å². The Morgan fingerprint density at radius 3 is 2.59 bits per heavy atom. The van der Waals surface area contributed by atoms with Gasteiger partial charge in [-0.25, -0.2) is 0 Å². The van der Waals surface area contributed by atoms with E-state index in [1.54, 1.807) is 7.11 Å². The molecule has 0 aromatic heterocycles. The number of methoxy groups -OCH3 is 1. The van der Waals surface area contributed by atoms with Gasteiger partial charge in [-0.3, -0.25) is 4.79 Å². The molecule has 0 unspecified atom stereocenters. The summed E-state index contributed by atoms with van der Waals surface area (Å²) in [4.78, 5) is 18.9. The van der Waals surface area contributed by atoms with E-state index < -0.39 is 0 Å². The monoisotopic (exact) mass is 612 g/mol. The standard InChI is InChI=1S/C37H45ClN4O2/c1-24-10-15-29(38)19-34(24)41(3)18-6-7-26-11-13-27(14-12-26)32-20-30-21-39-22-33(40-30)36(32)37(43)42(31-16-17-31)23-28-8-5-9-35(44-4)25(28)2/h5,8-15,19,30-31,33,39-40H,6-7,16-18,20-23H2,1-4H3/t30-,33+/m0/s1. The van der Waals surface area contributed by atoms with E-state index in [2.05, 4.69) is 77.7 Å². The van der Waals surface area contributed by atoms with E-state index in [0.29, 0.717) is 18.6 Å². The molecular weight excluding hydrogens is 568 g/mol. The normalized spacial score (nSPS) is 19.6. The maximum atomic E-state index is 14.5. The molecule has 2 aliphatic heterocycles. The molecule has 1 amide bonds. The van der Waals surface area contributed by atoms with Gasteiger partial charge < -0.3 is 25.2 Å².